The molecule has 0 unspecified atom stereocenters. The van der Waals surface area contributed by atoms with E-state index in [9.17, 15) is 14.4 Å². The molecule has 0 saturated carbocycles. The topological polar surface area (TPSA) is 94.8 Å². The summed E-state index contributed by atoms with van der Waals surface area (Å²) in [5.74, 6) is 0.102. The van der Waals surface area contributed by atoms with Gasteiger partial charge in [-0.15, -0.1) is 22.7 Å². The lowest BCUT2D eigenvalue weighted by molar-refractivity contribution is -0.116. The van der Waals surface area contributed by atoms with Crippen LogP contribution in [-0.4, -0.2) is 15.8 Å². The van der Waals surface area contributed by atoms with E-state index in [1.165, 1.54) is 4.88 Å². The molecule has 8 heteroatoms. The van der Waals surface area contributed by atoms with E-state index in [-0.39, 0.29) is 11.7 Å². The highest BCUT2D eigenvalue weighted by Crippen LogP contribution is 2.47. The largest absolute Gasteiger partial charge is 0.344 e. The van der Waals surface area contributed by atoms with E-state index < -0.39 is 17.2 Å². The zero-order valence-corrected chi connectivity index (χ0v) is 16.6. The van der Waals surface area contributed by atoms with Crippen molar-refractivity contribution in [3.05, 3.63) is 81.9 Å². The zero-order valence-electron chi connectivity index (χ0n) is 15.0. The molecule has 4 heterocycles. The molecule has 3 aromatic heterocycles. The molecule has 3 N–H and O–H groups in total. The van der Waals surface area contributed by atoms with Crippen LogP contribution in [0.4, 0.5) is 5.82 Å². The van der Waals surface area contributed by atoms with E-state index in [2.05, 4.69) is 21.4 Å². The molecular formula is C20H17N3O3S2. The summed E-state index contributed by atoms with van der Waals surface area (Å²) >= 11 is 3.22. The highest BCUT2D eigenvalue weighted by molar-refractivity contribution is 7.12. The van der Waals surface area contributed by atoms with E-state index in [0.717, 1.165) is 15.5 Å². The molecule has 1 aliphatic heterocycles. The molecule has 6 nitrogen and oxygen atoms in total. The fraction of sp³-hybridized carbons (Fsp3) is 0.250. The van der Waals surface area contributed by atoms with Crippen LogP contribution in [0.3, 0.4) is 0 Å². The summed E-state index contributed by atoms with van der Waals surface area (Å²) < 4.78 is 0. The molecule has 0 fully saturated rings. The first-order valence-corrected chi connectivity index (χ1v) is 10.7. The summed E-state index contributed by atoms with van der Waals surface area (Å²) in [6.07, 6.45) is 1.11. The van der Waals surface area contributed by atoms with Gasteiger partial charge in [-0.3, -0.25) is 19.6 Å². The highest BCUT2D eigenvalue weighted by atomic mass is 32.1. The second kappa shape index (κ2) is 6.42. The minimum absolute atomic E-state index is 0.0550. The summed E-state index contributed by atoms with van der Waals surface area (Å²) in [7, 11) is 0. The van der Waals surface area contributed by atoms with Gasteiger partial charge in [0.15, 0.2) is 5.78 Å². The number of ketones is 1. The van der Waals surface area contributed by atoms with Crippen LogP contribution < -0.4 is 16.6 Å². The number of thiophene rings is 2. The zero-order chi connectivity index (χ0) is 19.4. The lowest BCUT2D eigenvalue weighted by Crippen LogP contribution is -2.36. The summed E-state index contributed by atoms with van der Waals surface area (Å²) in [4.78, 5) is 46.0. The van der Waals surface area contributed by atoms with Gasteiger partial charge in [0.25, 0.3) is 5.56 Å². The summed E-state index contributed by atoms with van der Waals surface area (Å²) in [6, 6.07) is 8.00. The number of hydrogen-bond acceptors (Lipinski definition) is 6. The number of H-pyrrole nitrogens is 2. The van der Waals surface area contributed by atoms with Crippen molar-refractivity contribution in [3.8, 4) is 0 Å². The number of aryl methyl sites for hydroxylation is 1. The van der Waals surface area contributed by atoms with Crippen LogP contribution >= 0.6 is 22.7 Å². The number of nitrogens with one attached hydrogen (secondary N) is 3. The molecule has 5 rings (SSSR count). The van der Waals surface area contributed by atoms with Crippen LogP contribution in [0.5, 0.6) is 0 Å². The van der Waals surface area contributed by atoms with Gasteiger partial charge in [-0.1, -0.05) is 6.07 Å². The van der Waals surface area contributed by atoms with Gasteiger partial charge in [-0.25, -0.2) is 4.79 Å². The smallest absolute Gasteiger partial charge is 0.327 e. The van der Waals surface area contributed by atoms with Crippen molar-refractivity contribution >= 4 is 34.3 Å². The number of Topliss-reactive ketones (excluding diaryl/α,β-unsaturated/α-hetero) is 1. The van der Waals surface area contributed by atoms with Crippen molar-refractivity contribution in [2.75, 3.05) is 5.32 Å². The van der Waals surface area contributed by atoms with Crippen molar-refractivity contribution in [1.29, 1.82) is 0 Å². The summed E-state index contributed by atoms with van der Waals surface area (Å²) in [6.45, 7) is 2.00. The first-order valence-electron chi connectivity index (χ1n) is 9.00. The number of aromatic amines is 2. The molecule has 2 aliphatic rings. The van der Waals surface area contributed by atoms with E-state index in [0.29, 0.717) is 29.8 Å². The normalized spacial score (nSPS) is 21.2. The van der Waals surface area contributed by atoms with Gasteiger partial charge in [0.05, 0.1) is 11.5 Å². The maximum atomic E-state index is 13.2. The number of hydrogen-bond donors (Lipinski definition) is 3. The predicted molar refractivity (Wildman–Crippen MR) is 111 cm³/mol. The Labute approximate surface area is 168 Å². The molecule has 28 heavy (non-hydrogen) atoms. The van der Waals surface area contributed by atoms with E-state index in [1.807, 2.05) is 30.5 Å². The summed E-state index contributed by atoms with van der Waals surface area (Å²) in [5, 5.41) is 5.22. The quantitative estimate of drug-likeness (QED) is 0.602. The van der Waals surface area contributed by atoms with Gasteiger partial charge in [-0.05, 0) is 36.9 Å². The second-order valence-electron chi connectivity index (χ2n) is 7.14. The average molecular weight is 412 g/mol. The molecule has 1 aliphatic carbocycles. The highest BCUT2D eigenvalue weighted by Gasteiger charge is 2.40. The molecule has 2 atom stereocenters. The molecule has 0 spiro atoms. The SMILES string of the molecule is Cc1ccc([C@H]2C3=C(C[C@H](c4cccs4)CC3=O)Nc3[nH]c(=O)[nH]c(=O)c32)s1. The molecular weight excluding hydrogens is 394 g/mol. The van der Waals surface area contributed by atoms with Crippen LogP contribution in [0.2, 0.25) is 0 Å². The Morgan fingerprint density at radius 3 is 2.61 bits per heavy atom. The third-order valence-electron chi connectivity index (χ3n) is 5.33. The van der Waals surface area contributed by atoms with Gasteiger partial charge in [-0.2, -0.15) is 0 Å². The van der Waals surface area contributed by atoms with Gasteiger partial charge < -0.3 is 5.32 Å². The van der Waals surface area contributed by atoms with Crippen LogP contribution in [0.25, 0.3) is 0 Å². The predicted octanol–water partition coefficient (Wildman–Crippen LogP) is 3.45. The Morgan fingerprint density at radius 2 is 1.89 bits per heavy atom. The average Bonchev–Trinajstić information content (AvgIpc) is 3.31. The Hall–Kier alpha value is -2.71. The molecule has 3 aromatic rings. The Kier molecular flexibility index (Phi) is 3.99. The van der Waals surface area contributed by atoms with Crippen molar-refractivity contribution in [2.45, 2.75) is 31.6 Å². The second-order valence-corrected chi connectivity index (χ2v) is 9.44. The Balaban J connectivity index is 1.70. The number of aromatic nitrogens is 2. The minimum atomic E-state index is -0.557. The maximum Gasteiger partial charge on any atom is 0.327 e. The number of carbonyl (C=O) groups excluding carboxylic acids is 1. The third kappa shape index (κ3) is 2.71. The minimum Gasteiger partial charge on any atom is -0.344 e. The maximum absolute atomic E-state index is 13.2. The van der Waals surface area contributed by atoms with Crippen molar-refractivity contribution in [3.63, 3.8) is 0 Å². The van der Waals surface area contributed by atoms with E-state index in [1.54, 1.807) is 22.7 Å². The fourth-order valence-electron chi connectivity index (χ4n) is 4.17. The molecule has 0 saturated heterocycles. The van der Waals surface area contributed by atoms with Gasteiger partial charge in [0.2, 0.25) is 0 Å². The van der Waals surface area contributed by atoms with Crippen molar-refractivity contribution in [1.82, 2.24) is 9.97 Å². The van der Waals surface area contributed by atoms with E-state index in [4.69, 9.17) is 0 Å². The third-order valence-corrected chi connectivity index (χ3v) is 7.43. The Bertz CT molecular complexity index is 1230. The lowest BCUT2D eigenvalue weighted by atomic mass is 9.75. The first kappa shape index (κ1) is 17.4. The lowest BCUT2D eigenvalue weighted by Gasteiger charge is -2.34. The summed E-state index contributed by atoms with van der Waals surface area (Å²) in [5.41, 5.74) is 0.850. The van der Waals surface area contributed by atoms with Crippen molar-refractivity contribution < 1.29 is 4.79 Å². The fourth-order valence-corrected chi connectivity index (χ4v) is 6.00. The van der Waals surface area contributed by atoms with Gasteiger partial charge in [0.1, 0.15) is 5.82 Å². The van der Waals surface area contributed by atoms with Crippen LogP contribution in [0.15, 0.2) is 50.5 Å². The number of anilines is 1. The molecule has 0 aromatic carbocycles. The number of fused-ring (bicyclic) bond motifs is 1. The first-order chi connectivity index (χ1) is 13.5. The van der Waals surface area contributed by atoms with E-state index >= 15 is 0 Å². The van der Waals surface area contributed by atoms with Crippen LogP contribution in [0, 0.1) is 6.92 Å². The number of rotatable bonds is 2. The van der Waals surface area contributed by atoms with Crippen LogP contribution in [-0.2, 0) is 4.79 Å². The molecule has 0 bridgehead atoms. The molecule has 142 valence electrons. The van der Waals surface area contributed by atoms with Crippen LogP contribution in [0.1, 0.15) is 44.9 Å². The van der Waals surface area contributed by atoms with Gasteiger partial charge >= 0.3 is 5.69 Å². The van der Waals surface area contributed by atoms with Gasteiger partial charge in [0, 0.05) is 38.2 Å². The molecule has 0 amide bonds. The number of allylic oxidation sites excluding steroid dienone is 2. The molecule has 0 radical (unpaired) electrons. The Morgan fingerprint density at radius 1 is 1.04 bits per heavy atom. The standard InChI is InChI=1S/C20H17N3O3S2/c1-9-4-5-14(28-9)16-15-11(21-18-17(16)19(25)23-20(26)22-18)7-10(8-12(15)24)13-3-2-6-27-13/h2-6,10,16H,7-8H2,1H3,(H3,21,22,23,25,26)/t10-,16-/m0/s1. The monoisotopic (exact) mass is 411 g/mol. The van der Waals surface area contributed by atoms with Crippen molar-refractivity contribution in [2.24, 2.45) is 0 Å². The number of carbonyl (C=O) groups is 1.